The Hall–Kier alpha value is -3.07. The molecule has 1 fully saturated rings. The summed E-state index contributed by atoms with van der Waals surface area (Å²) in [5.74, 6) is 1.17. The predicted octanol–water partition coefficient (Wildman–Crippen LogP) is 6.20. The number of rotatable bonds is 8. The van der Waals surface area contributed by atoms with Gasteiger partial charge in [-0.15, -0.1) is 0 Å². The molecule has 154 valence electrons. The first-order valence-electron chi connectivity index (χ1n) is 10.8. The molecule has 0 unspecified atom stereocenters. The summed E-state index contributed by atoms with van der Waals surface area (Å²) >= 11 is 0. The predicted molar refractivity (Wildman–Crippen MR) is 122 cm³/mol. The number of carbonyl (C=O) groups is 1. The van der Waals surface area contributed by atoms with Gasteiger partial charge in [0.15, 0.2) is 0 Å². The molecule has 1 aliphatic rings. The summed E-state index contributed by atoms with van der Waals surface area (Å²) in [6, 6.07) is 28.9. The van der Waals surface area contributed by atoms with Crippen molar-refractivity contribution in [3.8, 4) is 5.75 Å². The van der Waals surface area contributed by atoms with Gasteiger partial charge in [-0.05, 0) is 61.1 Å². The second-order valence-electron chi connectivity index (χ2n) is 8.00. The second-order valence-corrected chi connectivity index (χ2v) is 8.00. The summed E-state index contributed by atoms with van der Waals surface area (Å²) in [5.41, 5.74) is 3.52. The van der Waals surface area contributed by atoms with Crippen molar-refractivity contribution in [3.05, 3.63) is 96.1 Å². The van der Waals surface area contributed by atoms with E-state index in [9.17, 15) is 4.79 Å². The Morgan fingerprint density at radius 1 is 0.867 bits per heavy atom. The summed E-state index contributed by atoms with van der Waals surface area (Å²) in [6.07, 6.45) is 5.08. The van der Waals surface area contributed by atoms with Crippen LogP contribution in [0.5, 0.6) is 5.75 Å². The van der Waals surface area contributed by atoms with Crippen molar-refractivity contribution in [2.24, 2.45) is 5.92 Å². The quantitative estimate of drug-likeness (QED) is 0.422. The van der Waals surface area contributed by atoms with Crippen LogP contribution in [-0.4, -0.2) is 13.0 Å². The maximum Gasteiger partial charge on any atom is 0.230 e. The molecule has 2 atom stereocenters. The van der Waals surface area contributed by atoms with E-state index in [1.807, 2.05) is 47.4 Å². The molecule has 3 aromatic carbocycles. The fourth-order valence-corrected chi connectivity index (χ4v) is 4.44. The Labute approximate surface area is 179 Å². The summed E-state index contributed by atoms with van der Waals surface area (Å²) in [7, 11) is 1.68. The Bertz CT molecular complexity index is 938. The Kier molecular flexibility index (Phi) is 6.48. The van der Waals surface area contributed by atoms with Crippen molar-refractivity contribution < 1.29 is 9.53 Å². The summed E-state index contributed by atoms with van der Waals surface area (Å²) in [5, 5.41) is 0. The van der Waals surface area contributed by atoms with Crippen LogP contribution in [0.1, 0.15) is 42.9 Å². The average molecular weight is 400 g/mol. The average Bonchev–Trinajstić information content (AvgIpc) is 3.14. The molecule has 1 saturated heterocycles. The molecule has 1 aliphatic heterocycles. The summed E-state index contributed by atoms with van der Waals surface area (Å²) < 4.78 is 5.31. The van der Waals surface area contributed by atoms with Crippen LogP contribution < -0.4 is 9.64 Å². The minimum absolute atomic E-state index is 0.0740. The first kappa shape index (κ1) is 20.2. The fourth-order valence-electron chi connectivity index (χ4n) is 4.44. The fraction of sp³-hybridized carbons (Fsp3) is 0.296. The second kappa shape index (κ2) is 9.62. The molecule has 0 aliphatic carbocycles. The number of methoxy groups -OCH3 is 1. The lowest BCUT2D eigenvalue weighted by Gasteiger charge is -2.25. The normalized spacial score (nSPS) is 18.6. The Morgan fingerprint density at radius 3 is 2.20 bits per heavy atom. The number of hydrogen-bond donors (Lipinski definition) is 0. The monoisotopic (exact) mass is 399 g/mol. The van der Waals surface area contributed by atoms with Gasteiger partial charge in [-0.1, -0.05) is 67.1 Å². The van der Waals surface area contributed by atoms with Crippen LogP contribution in [-0.2, 0) is 11.2 Å². The van der Waals surface area contributed by atoms with E-state index in [2.05, 4.69) is 42.5 Å². The molecule has 1 heterocycles. The third kappa shape index (κ3) is 4.56. The van der Waals surface area contributed by atoms with E-state index in [0.717, 1.165) is 43.5 Å². The highest BCUT2D eigenvalue weighted by atomic mass is 16.5. The highest BCUT2D eigenvalue weighted by molar-refractivity contribution is 5.98. The number of carbonyl (C=O) groups excluding carboxylic acids is 1. The lowest BCUT2D eigenvalue weighted by molar-refractivity contribution is -0.120. The topological polar surface area (TPSA) is 29.5 Å². The molecule has 1 amide bonds. The van der Waals surface area contributed by atoms with E-state index in [1.54, 1.807) is 7.11 Å². The van der Waals surface area contributed by atoms with Gasteiger partial charge >= 0.3 is 0 Å². The molecular weight excluding hydrogens is 370 g/mol. The van der Waals surface area contributed by atoms with Crippen molar-refractivity contribution >= 4 is 11.6 Å². The molecule has 0 aromatic heterocycles. The third-order valence-corrected chi connectivity index (χ3v) is 6.05. The molecule has 4 rings (SSSR count). The van der Waals surface area contributed by atoms with Crippen molar-refractivity contribution in [3.63, 3.8) is 0 Å². The maximum atomic E-state index is 13.4. The molecule has 3 nitrogen and oxygen atoms in total. The number of para-hydroxylation sites is 1. The highest BCUT2D eigenvalue weighted by Crippen LogP contribution is 2.42. The van der Waals surface area contributed by atoms with Crippen LogP contribution in [0.3, 0.4) is 0 Å². The van der Waals surface area contributed by atoms with Gasteiger partial charge in [0.05, 0.1) is 13.2 Å². The molecule has 0 N–H and O–H groups in total. The van der Waals surface area contributed by atoms with Crippen LogP contribution >= 0.6 is 0 Å². The van der Waals surface area contributed by atoms with E-state index >= 15 is 0 Å². The first-order valence-corrected chi connectivity index (χ1v) is 10.8. The van der Waals surface area contributed by atoms with E-state index < -0.39 is 0 Å². The lowest BCUT2D eigenvalue weighted by atomic mass is 9.94. The van der Waals surface area contributed by atoms with Gasteiger partial charge in [-0.3, -0.25) is 4.79 Å². The first-order chi connectivity index (χ1) is 14.8. The number of ether oxygens (including phenoxy) is 1. The van der Waals surface area contributed by atoms with Crippen LogP contribution in [0.15, 0.2) is 84.9 Å². The van der Waals surface area contributed by atoms with Crippen LogP contribution in [0.4, 0.5) is 5.69 Å². The van der Waals surface area contributed by atoms with Gasteiger partial charge in [0.25, 0.3) is 0 Å². The molecule has 30 heavy (non-hydrogen) atoms. The van der Waals surface area contributed by atoms with Gasteiger partial charge in [0.2, 0.25) is 5.91 Å². The third-order valence-electron chi connectivity index (χ3n) is 6.05. The van der Waals surface area contributed by atoms with Gasteiger partial charge in [-0.25, -0.2) is 0 Å². The van der Waals surface area contributed by atoms with E-state index in [4.69, 9.17) is 4.74 Å². The number of aryl methyl sites for hydroxylation is 1. The van der Waals surface area contributed by atoms with Gasteiger partial charge < -0.3 is 9.64 Å². The van der Waals surface area contributed by atoms with E-state index in [1.165, 1.54) is 11.1 Å². The van der Waals surface area contributed by atoms with Crippen molar-refractivity contribution in [1.29, 1.82) is 0 Å². The molecule has 0 bridgehead atoms. The molecule has 3 aromatic rings. The van der Waals surface area contributed by atoms with Crippen molar-refractivity contribution in [2.45, 2.75) is 38.1 Å². The number of nitrogens with zero attached hydrogens (tertiary/aromatic N) is 1. The number of unbranched alkanes of at least 4 members (excludes halogenated alkanes) is 1. The minimum Gasteiger partial charge on any atom is -0.497 e. The van der Waals surface area contributed by atoms with E-state index in [0.29, 0.717) is 0 Å². The SMILES string of the molecule is COc1ccc([C@@H]2C[C@@H](CCCCc3ccccc3)C(=O)N2c2ccccc2)cc1. The molecule has 0 saturated carbocycles. The van der Waals surface area contributed by atoms with Gasteiger partial charge in [0.1, 0.15) is 5.75 Å². The lowest BCUT2D eigenvalue weighted by Crippen LogP contribution is -2.29. The smallest absolute Gasteiger partial charge is 0.230 e. The van der Waals surface area contributed by atoms with Gasteiger partial charge in [0, 0.05) is 11.6 Å². The van der Waals surface area contributed by atoms with Gasteiger partial charge in [-0.2, -0.15) is 0 Å². The van der Waals surface area contributed by atoms with Crippen LogP contribution in [0, 0.1) is 5.92 Å². The number of hydrogen-bond acceptors (Lipinski definition) is 2. The molecule has 0 radical (unpaired) electrons. The van der Waals surface area contributed by atoms with Crippen LogP contribution in [0.25, 0.3) is 0 Å². The zero-order valence-corrected chi connectivity index (χ0v) is 17.5. The zero-order valence-electron chi connectivity index (χ0n) is 17.5. The number of amides is 1. The van der Waals surface area contributed by atoms with E-state index in [-0.39, 0.29) is 17.9 Å². The standard InChI is InChI=1S/C27H29NO2/c1-30-25-18-16-22(17-19-25)26-20-23(13-9-8-12-21-10-4-2-5-11-21)27(29)28(26)24-14-6-3-7-15-24/h2-7,10-11,14-19,23,26H,8-9,12-13,20H2,1H3/t23-,26+/m1/s1. The molecular formula is C27H29NO2. The summed E-state index contributed by atoms with van der Waals surface area (Å²) in [6.45, 7) is 0. The maximum absolute atomic E-state index is 13.4. The highest BCUT2D eigenvalue weighted by Gasteiger charge is 2.40. The minimum atomic E-state index is 0.0740. The van der Waals surface area contributed by atoms with Crippen molar-refractivity contribution in [1.82, 2.24) is 0 Å². The molecule has 0 spiro atoms. The number of anilines is 1. The number of benzene rings is 3. The van der Waals surface area contributed by atoms with Crippen LogP contribution in [0.2, 0.25) is 0 Å². The Balaban J connectivity index is 1.46. The zero-order chi connectivity index (χ0) is 20.8. The van der Waals surface area contributed by atoms with Crippen molar-refractivity contribution in [2.75, 3.05) is 12.0 Å². The molecule has 3 heteroatoms. The largest absolute Gasteiger partial charge is 0.497 e. The summed E-state index contributed by atoms with van der Waals surface area (Å²) in [4.78, 5) is 15.4. The Morgan fingerprint density at radius 2 is 1.53 bits per heavy atom.